The van der Waals surface area contributed by atoms with Crippen molar-refractivity contribution in [1.82, 2.24) is 14.6 Å². The lowest BCUT2D eigenvalue weighted by Crippen LogP contribution is -2.51. The molecule has 0 bridgehead atoms. The normalized spacial score (nSPS) is 17.9. The van der Waals surface area contributed by atoms with Crippen LogP contribution in [-0.2, 0) is 11.0 Å². The van der Waals surface area contributed by atoms with Crippen molar-refractivity contribution in [1.29, 1.82) is 0 Å². The first-order chi connectivity index (χ1) is 17.0. The summed E-state index contributed by atoms with van der Waals surface area (Å²) in [6, 6.07) is 17.5. The van der Waals surface area contributed by atoms with Gasteiger partial charge < -0.3 is 4.74 Å². The summed E-state index contributed by atoms with van der Waals surface area (Å²) in [6.07, 6.45) is 6.97. The Hall–Kier alpha value is -3.10. The molecule has 1 aliphatic carbocycles. The first-order valence-electron chi connectivity index (χ1n) is 11.8. The molecule has 6 nitrogen and oxygen atoms in total. The summed E-state index contributed by atoms with van der Waals surface area (Å²) in [5.74, 6) is -0.231. The quantitative estimate of drug-likeness (QED) is 0.483. The molecule has 2 heterocycles. The molecule has 1 N–H and O–H groups in total. The van der Waals surface area contributed by atoms with E-state index in [9.17, 15) is 13.4 Å². The maximum atomic E-state index is 14.7. The van der Waals surface area contributed by atoms with Gasteiger partial charge in [-0.1, -0.05) is 30.3 Å². The van der Waals surface area contributed by atoms with E-state index in [2.05, 4.69) is 51.0 Å². The van der Waals surface area contributed by atoms with Crippen molar-refractivity contribution >= 4 is 16.9 Å². The second-order valence-corrected chi connectivity index (χ2v) is 10.4. The van der Waals surface area contributed by atoms with Crippen LogP contribution >= 0.6 is 0 Å². The molecular weight excluding hydrogens is 465 g/mol. The van der Waals surface area contributed by atoms with Crippen LogP contribution in [0.15, 0.2) is 67.0 Å². The number of hydrogen-bond acceptors (Lipinski definition) is 5. The Bertz CT molecular complexity index is 1180. The molecular formula is C27H28FN3O3S. The zero-order valence-electron chi connectivity index (χ0n) is 19.5. The van der Waals surface area contributed by atoms with E-state index in [4.69, 9.17) is 4.74 Å². The van der Waals surface area contributed by atoms with Crippen molar-refractivity contribution in [3.63, 3.8) is 0 Å². The van der Waals surface area contributed by atoms with E-state index in [-0.39, 0.29) is 17.5 Å². The van der Waals surface area contributed by atoms with Gasteiger partial charge in [0.1, 0.15) is 22.6 Å². The molecule has 8 heteroatoms. The molecule has 0 radical (unpaired) electrons. The number of ether oxygens (including phenoxy) is 1. The summed E-state index contributed by atoms with van der Waals surface area (Å²) in [5, 5.41) is 0. The molecule has 182 valence electrons. The highest BCUT2D eigenvalue weighted by Gasteiger charge is 2.35. The van der Waals surface area contributed by atoms with E-state index < -0.39 is 22.7 Å². The van der Waals surface area contributed by atoms with Gasteiger partial charge in [0, 0.05) is 43.7 Å². The van der Waals surface area contributed by atoms with Gasteiger partial charge in [-0.05, 0) is 53.6 Å². The van der Waals surface area contributed by atoms with E-state index in [1.54, 1.807) is 6.07 Å². The number of hydrogen-bond donors (Lipinski definition) is 1. The maximum Gasteiger partial charge on any atom is 0.265 e. The molecule has 1 aliphatic heterocycles. The molecule has 3 aromatic rings. The number of rotatable bonds is 9. The van der Waals surface area contributed by atoms with Crippen molar-refractivity contribution in [2.75, 3.05) is 26.0 Å². The van der Waals surface area contributed by atoms with Crippen LogP contribution in [0, 0.1) is 11.7 Å². The van der Waals surface area contributed by atoms with Gasteiger partial charge in [-0.2, -0.15) is 0 Å². The number of carbonyl (C=O) groups excluding carboxylic acids is 1. The molecule has 1 aromatic heterocycles. The van der Waals surface area contributed by atoms with Crippen molar-refractivity contribution in [3.05, 3.63) is 95.1 Å². The van der Waals surface area contributed by atoms with Crippen molar-refractivity contribution in [2.45, 2.75) is 24.8 Å². The van der Waals surface area contributed by atoms with E-state index >= 15 is 0 Å². The Morgan fingerprint density at radius 3 is 2.49 bits per heavy atom. The summed E-state index contributed by atoms with van der Waals surface area (Å²) in [4.78, 5) is 18.8. The average molecular weight is 494 g/mol. The van der Waals surface area contributed by atoms with E-state index in [1.165, 1.54) is 23.4 Å². The summed E-state index contributed by atoms with van der Waals surface area (Å²) in [5.41, 5.74) is 3.20. The van der Waals surface area contributed by atoms with Gasteiger partial charge in [-0.15, -0.1) is 0 Å². The number of carbonyl (C=O) groups is 1. The summed E-state index contributed by atoms with van der Waals surface area (Å²) in [6.45, 7) is 2.22. The molecule has 1 saturated carbocycles. The number of halogens is 1. The lowest BCUT2D eigenvalue weighted by atomic mass is 9.91. The first kappa shape index (κ1) is 23.6. The van der Waals surface area contributed by atoms with Crippen LogP contribution in [0.25, 0.3) is 0 Å². The predicted octanol–water partition coefficient (Wildman–Crippen LogP) is 4.22. The largest absolute Gasteiger partial charge is 0.493 e. The molecule has 1 unspecified atom stereocenters. The van der Waals surface area contributed by atoms with E-state index in [1.807, 2.05) is 18.5 Å². The fraction of sp³-hybridized carbons (Fsp3) is 0.333. The number of pyridine rings is 1. The van der Waals surface area contributed by atoms with Crippen LogP contribution in [0.3, 0.4) is 0 Å². The molecule has 2 aliphatic rings. The van der Waals surface area contributed by atoms with Crippen LogP contribution < -0.4 is 9.46 Å². The van der Waals surface area contributed by atoms with Gasteiger partial charge in [-0.25, -0.2) is 8.60 Å². The smallest absolute Gasteiger partial charge is 0.265 e. The lowest BCUT2D eigenvalue weighted by Gasteiger charge is -2.44. The van der Waals surface area contributed by atoms with Crippen molar-refractivity contribution in [3.8, 4) is 5.75 Å². The van der Waals surface area contributed by atoms with E-state index in [0.717, 1.165) is 31.5 Å². The highest BCUT2D eigenvalue weighted by molar-refractivity contribution is 7.82. The van der Waals surface area contributed by atoms with Gasteiger partial charge in [-0.3, -0.25) is 19.4 Å². The number of amides is 1. The van der Waals surface area contributed by atoms with Crippen molar-refractivity contribution in [2.24, 2.45) is 5.92 Å². The van der Waals surface area contributed by atoms with Gasteiger partial charge in [0.15, 0.2) is 0 Å². The summed E-state index contributed by atoms with van der Waals surface area (Å²) in [7, 11) is -1.56. The Labute approximate surface area is 207 Å². The minimum Gasteiger partial charge on any atom is -0.493 e. The second kappa shape index (κ2) is 10.3. The number of nitrogens with zero attached hydrogens (tertiary/aromatic N) is 2. The third kappa shape index (κ3) is 5.44. The fourth-order valence-electron chi connectivity index (χ4n) is 4.70. The maximum absolute atomic E-state index is 14.7. The highest BCUT2D eigenvalue weighted by atomic mass is 32.2. The standard InChI is InChI=1S/C27H28FN3O3S/c1-35(33)30-27(32)23-13-22(19-7-8-19)25(14-24(23)28)34-17-18-15-31(16-18)26(20-5-3-2-4-6-20)21-9-11-29-12-10-21/h2-6,9-14,18-19,26H,7-8,15-17H2,1H3,(H,30,32)/t26-,35?/m0/s1. The number of likely N-dealkylation sites (tertiary alicyclic amines) is 1. The molecule has 2 atom stereocenters. The summed E-state index contributed by atoms with van der Waals surface area (Å²) < 4.78 is 34.4. The molecule has 0 spiro atoms. The van der Waals surface area contributed by atoms with Gasteiger partial charge in [0.05, 0.1) is 18.2 Å². The van der Waals surface area contributed by atoms with Crippen LogP contribution in [-0.4, -0.2) is 46.0 Å². The third-order valence-corrected chi connectivity index (χ3v) is 7.03. The Kier molecular flexibility index (Phi) is 6.92. The minimum atomic E-state index is -1.56. The molecule has 1 saturated heterocycles. The van der Waals surface area contributed by atoms with Gasteiger partial charge in [0.25, 0.3) is 5.91 Å². The van der Waals surface area contributed by atoms with Crippen LogP contribution in [0.1, 0.15) is 51.8 Å². The Morgan fingerprint density at radius 2 is 1.83 bits per heavy atom. The van der Waals surface area contributed by atoms with Crippen LogP contribution in [0.4, 0.5) is 4.39 Å². The number of aromatic nitrogens is 1. The molecule has 1 amide bonds. The first-order valence-corrected chi connectivity index (χ1v) is 13.3. The van der Waals surface area contributed by atoms with Gasteiger partial charge in [0.2, 0.25) is 0 Å². The topological polar surface area (TPSA) is 71.5 Å². The fourth-order valence-corrected chi connectivity index (χ4v) is 5.07. The van der Waals surface area contributed by atoms with Crippen LogP contribution in [0.5, 0.6) is 5.75 Å². The summed E-state index contributed by atoms with van der Waals surface area (Å²) >= 11 is 0. The van der Waals surface area contributed by atoms with E-state index in [0.29, 0.717) is 18.3 Å². The van der Waals surface area contributed by atoms with Crippen molar-refractivity contribution < 1.29 is 18.1 Å². The monoisotopic (exact) mass is 493 g/mol. The molecule has 2 aromatic carbocycles. The second-order valence-electron chi connectivity index (χ2n) is 9.25. The Morgan fingerprint density at radius 1 is 1.14 bits per heavy atom. The average Bonchev–Trinajstić information content (AvgIpc) is 3.66. The van der Waals surface area contributed by atoms with Crippen LogP contribution in [0.2, 0.25) is 0 Å². The number of benzene rings is 2. The SMILES string of the molecule is CS(=O)NC(=O)c1cc(C2CC2)c(OCC2CN([C@@H](c3ccccc3)c3ccncc3)C2)cc1F. The molecule has 35 heavy (non-hydrogen) atoms. The highest BCUT2D eigenvalue weighted by Crippen LogP contribution is 2.45. The third-order valence-electron chi connectivity index (χ3n) is 6.56. The number of nitrogens with one attached hydrogen (secondary N) is 1. The predicted molar refractivity (Wildman–Crippen MR) is 133 cm³/mol. The zero-order chi connectivity index (χ0) is 24.4. The zero-order valence-corrected chi connectivity index (χ0v) is 20.3. The lowest BCUT2D eigenvalue weighted by molar-refractivity contribution is 0.0375. The van der Waals surface area contributed by atoms with Gasteiger partial charge >= 0.3 is 0 Å². The Balaban J connectivity index is 1.26. The molecule has 5 rings (SSSR count). The minimum absolute atomic E-state index is 0.0904. The molecule has 2 fully saturated rings.